The van der Waals surface area contributed by atoms with Gasteiger partial charge in [0.1, 0.15) is 28.0 Å². The fraction of sp³-hybridized carbons (Fsp3) is 0.444. The number of halogens is 1. The van der Waals surface area contributed by atoms with Gasteiger partial charge in [-0.15, -0.1) is 0 Å². The molecule has 6 aromatic rings. The fourth-order valence-corrected chi connectivity index (χ4v) is 9.67. The largest absolute Gasteiger partial charge is 0.444 e. The molecule has 18 nitrogen and oxygen atoms in total. The molecule has 4 aliphatic rings. The Bertz CT molecular complexity index is 2860. The van der Waals surface area contributed by atoms with E-state index in [2.05, 4.69) is 123 Å². The maximum absolute atomic E-state index is 12.4. The van der Waals surface area contributed by atoms with E-state index in [1.807, 2.05) is 87.8 Å². The molecule has 0 atom stereocenters. The first-order valence-electron chi connectivity index (χ1n) is 25.0. The first kappa shape index (κ1) is 52.1. The lowest BCUT2D eigenvalue weighted by Crippen LogP contribution is -2.42. The smallest absolute Gasteiger partial charge is 0.410 e. The van der Waals surface area contributed by atoms with Crippen LogP contribution in [-0.4, -0.2) is 117 Å². The van der Waals surface area contributed by atoms with Crippen molar-refractivity contribution in [1.29, 1.82) is 0 Å². The number of carbonyl (C=O) groups is 2. The van der Waals surface area contributed by atoms with Gasteiger partial charge in [-0.1, -0.05) is 35.9 Å². The molecule has 0 saturated carbocycles. The van der Waals surface area contributed by atoms with Gasteiger partial charge in [-0.2, -0.15) is 10.2 Å². The van der Waals surface area contributed by atoms with Gasteiger partial charge < -0.3 is 49.9 Å². The number of anilines is 9. The molecule has 4 aliphatic heterocycles. The number of fused-ring (bicyclic) bond motifs is 4. The van der Waals surface area contributed by atoms with E-state index in [1.54, 1.807) is 15.9 Å². The Balaban J connectivity index is 0.000000161. The fourth-order valence-electron chi connectivity index (χ4n) is 9.51. The molecule has 19 heteroatoms. The van der Waals surface area contributed by atoms with Crippen molar-refractivity contribution in [3.8, 4) is 0 Å². The molecule has 73 heavy (non-hydrogen) atoms. The van der Waals surface area contributed by atoms with Crippen LogP contribution in [0.1, 0.15) is 90.4 Å². The molecular weight excluding hydrogens is 944 g/mol. The summed E-state index contributed by atoms with van der Waals surface area (Å²) in [4.78, 5) is 45.5. The molecule has 3 N–H and O–H groups in total. The van der Waals surface area contributed by atoms with E-state index >= 15 is 0 Å². The molecule has 0 radical (unpaired) electrons. The number of benzene rings is 2. The number of hydrogen-bond acceptors (Lipinski definition) is 14. The van der Waals surface area contributed by atoms with E-state index in [4.69, 9.17) is 31.9 Å². The van der Waals surface area contributed by atoms with E-state index in [1.165, 1.54) is 28.2 Å². The number of hydrogen-bond donors (Lipinski definition) is 2. The van der Waals surface area contributed by atoms with Gasteiger partial charge in [0, 0.05) is 116 Å². The normalized spacial score (nSPS) is 16.0. The maximum Gasteiger partial charge on any atom is 0.410 e. The van der Waals surface area contributed by atoms with Crippen LogP contribution in [0.5, 0.6) is 0 Å². The number of piperidine rings is 2. The second-order valence-corrected chi connectivity index (χ2v) is 21.5. The van der Waals surface area contributed by atoms with E-state index in [9.17, 15) is 9.59 Å². The summed E-state index contributed by atoms with van der Waals surface area (Å²) in [6, 6.07) is 25.1. The Hall–Kier alpha value is -7.21. The number of carbonyl (C=O) groups excluding carboxylic acids is 2. The summed E-state index contributed by atoms with van der Waals surface area (Å²) in [6.45, 7) is 15.7. The van der Waals surface area contributed by atoms with Crippen LogP contribution in [0.15, 0.2) is 97.6 Å². The molecule has 0 unspecified atom stereocenters. The van der Waals surface area contributed by atoms with E-state index < -0.39 is 11.2 Å². The van der Waals surface area contributed by atoms with Crippen molar-refractivity contribution >= 4 is 75.4 Å². The quantitative estimate of drug-likeness (QED) is 0.160. The molecule has 0 bridgehead atoms. The van der Waals surface area contributed by atoms with E-state index in [0.717, 1.165) is 67.5 Å². The first-order chi connectivity index (χ1) is 34.7. The van der Waals surface area contributed by atoms with Crippen molar-refractivity contribution in [3.63, 3.8) is 0 Å². The molecule has 8 heterocycles. The molecule has 388 valence electrons. The lowest BCUT2D eigenvalue weighted by atomic mass is 10.1. The molecule has 0 spiro atoms. The second kappa shape index (κ2) is 21.9. The van der Waals surface area contributed by atoms with Crippen LogP contribution in [0, 0.1) is 0 Å². The van der Waals surface area contributed by atoms with Gasteiger partial charge in [-0.3, -0.25) is 9.36 Å². The highest BCUT2D eigenvalue weighted by molar-refractivity contribution is 6.29. The van der Waals surface area contributed by atoms with Crippen LogP contribution in [0.3, 0.4) is 0 Å². The van der Waals surface area contributed by atoms with Crippen molar-refractivity contribution in [2.75, 3.05) is 85.0 Å². The third-order valence-corrected chi connectivity index (χ3v) is 13.4. The number of likely N-dealkylation sites (tertiary alicyclic amines) is 2. The van der Waals surface area contributed by atoms with E-state index in [0.29, 0.717) is 43.2 Å². The maximum atomic E-state index is 12.4. The molecule has 2 saturated heterocycles. The predicted octanol–water partition coefficient (Wildman–Crippen LogP) is 10.8. The number of amides is 2. The number of pyridine rings is 2. The second-order valence-electron chi connectivity index (χ2n) is 21.1. The SMILES string of the molecule is CC(C)(C)OC(=O)N1CCC(n2ccc(N)n2)CC1.CN1Cc2cnc(Cl)cc2N(C)c2ccccc21.CN1Cc2cnc(Nc3ccn(C4CCN(C(=O)OC(C)(C)C)CC4)n3)cc2N(C)c2ccccc21. The zero-order chi connectivity index (χ0) is 52.2. The highest BCUT2D eigenvalue weighted by Crippen LogP contribution is 2.41. The Kier molecular flexibility index (Phi) is 15.6. The lowest BCUT2D eigenvalue weighted by molar-refractivity contribution is 0.0174. The van der Waals surface area contributed by atoms with Gasteiger partial charge in [-0.05, 0) is 104 Å². The number of nitrogens with one attached hydrogen (secondary N) is 1. The molecule has 2 fully saturated rings. The third kappa shape index (κ3) is 12.9. The average molecular weight is 1020 g/mol. The lowest BCUT2D eigenvalue weighted by Gasteiger charge is -2.33. The van der Waals surface area contributed by atoms with Gasteiger partial charge in [0.25, 0.3) is 0 Å². The summed E-state index contributed by atoms with van der Waals surface area (Å²) in [5.41, 5.74) is 14.0. The predicted molar refractivity (Wildman–Crippen MR) is 291 cm³/mol. The first-order valence-corrected chi connectivity index (χ1v) is 25.4. The van der Waals surface area contributed by atoms with Crippen LogP contribution in [-0.2, 0) is 22.6 Å². The number of nitrogens with zero attached hydrogens (tertiary/aromatic N) is 12. The molecule has 0 aliphatic carbocycles. The molecular formula is C54H71ClN14O4. The Morgan fingerprint density at radius 1 is 0.589 bits per heavy atom. The standard InChI is InChI=1S/C27H35N7O2.C14H14ClN3.C13H22N4O2/c1-27(2,3)36-26(35)33-13-10-20(11-14-33)34-15-12-24(30-34)29-25-16-23-19(17-28-25)18-31(4)21-8-6-7-9-22(21)32(23)5;1-17-9-10-8-16-14(15)7-13(10)18(2)12-6-4-3-5-11(12)17;1-13(2,3)19-12(18)16-7-4-10(5-8-16)17-9-6-11(14)15-17/h6-9,12,15-17,20H,10-11,13-14,18H2,1-5H3,(H,28,29,30);3-8H,9H2,1-2H3;6,9-10H,4-5,7-8H2,1-3H3,(H2,14,15). The van der Waals surface area contributed by atoms with Crippen molar-refractivity contribution in [2.24, 2.45) is 0 Å². The molecule has 10 rings (SSSR count). The number of ether oxygens (including phenoxy) is 2. The minimum Gasteiger partial charge on any atom is -0.444 e. The number of para-hydroxylation sites is 4. The monoisotopic (exact) mass is 1010 g/mol. The highest BCUT2D eigenvalue weighted by atomic mass is 35.5. The number of rotatable bonds is 4. The van der Waals surface area contributed by atoms with Crippen molar-refractivity contribution < 1.29 is 19.1 Å². The molecule has 2 amide bonds. The topological polar surface area (TPSA) is 172 Å². The Morgan fingerprint density at radius 2 is 1.03 bits per heavy atom. The van der Waals surface area contributed by atoms with Crippen LogP contribution in [0.25, 0.3) is 0 Å². The number of nitrogen functional groups attached to an aromatic ring is 1. The minimum absolute atomic E-state index is 0.231. The Labute approximate surface area is 434 Å². The van der Waals surface area contributed by atoms with Crippen molar-refractivity contribution in [2.45, 2.75) is 104 Å². The summed E-state index contributed by atoms with van der Waals surface area (Å²) < 4.78 is 14.8. The molecule has 4 aromatic heterocycles. The van der Waals surface area contributed by atoms with Crippen LogP contribution >= 0.6 is 11.6 Å². The van der Waals surface area contributed by atoms with Crippen LogP contribution < -0.4 is 30.7 Å². The summed E-state index contributed by atoms with van der Waals surface area (Å²) in [5, 5.41) is 12.9. The summed E-state index contributed by atoms with van der Waals surface area (Å²) in [5.74, 6) is 2.05. The highest BCUT2D eigenvalue weighted by Gasteiger charge is 2.30. The third-order valence-electron chi connectivity index (χ3n) is 13.2. The average Bonchev–Trinajstić information content (AvgIpc) is 3.98. The van der Waals surface area contributed by atoms with Gasteiger partial charge >= 0.3 is 12.2 Å². The summed E-state index contributed by atoms with van der Waals surface area (Å²) >= 11 is 6.01. The zero-order valence-corrected chi connectivity index (χ0v) is 44.7. The van der Waals surface area contributed by atoms with Crippen LogP contribution in [0.2, 0.25) is 5.15 Å². The number of nitrogens with two attached hydrogens (primary N) is 1. The van der Waals surface area contributed by atoms with Gasteiger partial charge in [0.05, 0.1) is 46.2 Å². The van der Waals surface area contributed by atoms with Gasteiger partial charge in [0.2, 0.25) is 0 Å². The van der Waals surface area contributed by atoms with Crippen LogP contribution in [0.4, 0.5) is 61.2 Å². The number of aromatic nitrogens is 6. The van der Waals surface area contributed by atoms with Gasteiger partial charge in [-0.25, -0.2) is 19.6 Å². The molecule has 2 aromatic carbocycles. The van der Waals surface area contributed by atoms with E-state index in [-0.39, 0.29) is 18.2 Å². The zero-order valence-electron chi connectivity index (χ0n) is 43.9. The van der Waals surface area contributed by atoms with Crippen molar-refractivity contribution in [1.82, 2.24) is 39.3 Å². The van der Waals surface area contributed by atoms with Gasteiger partial charge in [0.15, 0.2) is 5.82 Å². The minimum atomic E-state index is -0.478. The summed E-state index contributed by atoms with van der Waals surface area (Å²) in [7, 11) is 8.36. The van der Waals surface area contributed by atoms with Crippen molar-refractivity contribution in [3.05, 3.63) is 114 Å². The summed E-state index contributed by atoms with van der Waals surface area (Å²) in [6.07, 6.45) is 10.7. The Morgan fingerprint density at radius 3 is 1.49 bits per heavy atom.